The van der Waals surface area contributed by atoms with E-state index >= 15 is 0 Å². The number of rotatable bonds is 5. The van der Waals surface area contributed by atoms with Gasteiger partial charge in [0, 0.05) is 0 Å². The standard InChI is InChI=1S/C6H8O7.3Na.5H2O.3H/c7-3(8)1-6(13,5(11)12)2-4(9)10;;;;;;;;;;;/h13H,1-2H2,(H,7,8)(H,9,10)(H,11,12);;;;5*1H2;;;/q;3*+1;;;;;;3*-1. The van der Waals surface area contributed by atoms with Gasteiger partial charge in [-0.3, -0.25) is 9.59 Å². The first-order chi connectivity index (χ1) is 5.78. The van der Waals surface area contributed by atoms with E-state index in [1.54, 1.807) is 0 Å². The van der Waals surface area contributed by atoms with Crippen molar-refractivity contribution in [3.8, 4) is 0 Å². The van der Waals surface area contributed by atoms with Gasteiger partial charge in [-0.2, -0.15) is 0 Å². The van der Waals surface area contributed by atoms with E-state index in [1.807, 2.05) is 0 Å². The molecule has 0 aliphatic heterocycles. The molecule has 0 unspecified atom stereocenters. The van der Waals surface area contributed by atoms with Crippen LogP contribution in [0.5, 0.6) is 0 Å². The number of aliphatic hydroxyl groups is 1. The van der Waals surface area contributed by atoms with Crippen LogP contribution in [-0.2, 0) is 14.4 Å². The summed E-state index contributed by atoms with van der Waals surface area (Å²) < 4.78 is 0. The van der Waals surface area contributed by atoms with Crippen LogP contribution in [0.3, 0.4) is 0 Å². The molecular weight excluding hydrogens is 333 g/mol. The Hall–Kier alpha value is 1.17. The second-order valence-corrected chi connectivity index (χ2v) is 2.48. The Kier molecular flexibility index (Phi) is 71.2. The minimum atomic E-state index is -2.74. The van der Waals surface area contributed by atoms with Crippen molar-refractivity contribution in [2.75, 3.05) is 0 Å². The van der Waals surface area contributed by atoms with Crippen molar-refractivity contribution in [3.05, 3.63) is 0 Å². The first-order valence-corrected chi connectivity index (χ1v) is 3.17. The van der Waals surface area contributed by atoms with Gasteiger partial charge >= 0.3 is 107 Å². The molecule has 0 heterocycles. The molecule has 0 aliphatic carbocycles. The van der Waals surface area contributed by atoms with E-state index < -0.39 is 36.4 Å². The van der Waals surface area contributed by atoms with Gasteiger partial charge in [-0.1, -0.05) is 0 Å². The maximum absolute atomic E-state index is 10.3. The van der Waals surface area contributed by atoms with Crippen molar-refractivity contribution in [2.24, 2.45) is 0 Å². The molecule has 12 nitrogen and oxygen atoms in total. The van der Waals surface area contributed by atoms with Gasteiger partial charge in [-0.05, 0) is 0 Å². The maximum atomic E-state index is 10.3. The predicted molar refractivity (Wildman–Crippen MR) is 58.5 cm³/mol. The zero-order valence-corrected chi connectivity index (χ0v) is 17.9. The summed E-state index contributed by atoms with van der Waals surface area (Å²) in [5, 5.41) is 33.8. The normalized spacial score (nSPS) is 6.71. The van der Waals surface area contributed by atoms with E-state index in [9.17, 15) is 14.4 Å². The van der Waals surface area contributed by atoms with Crippen LogP contribution in [-0.4, -0.2) is 71.3 Å². The van der Waals surface area contributed by atoms with Gasteiger partial charge in [-0.25, -0.2) is 4.79 Å². The number of carboxylic acids is 3. The van der Waals surface area contributed by atoms with E-state index in [-0.39, 0.29) is 120 Å². The average molecular weight is 354 g/mol. The van der Waals surface area contributed by atoms with E-state index in [2.05, 4.69) is 0 Å². The number of aliphatic carboxylic acids is 3. The van der Waals surface area contributed by atoms with E-state index in [0.29, 0.717) is 0 Å². The van der Waals surface area contributed by atoms with Crippen molar-refractivity contribution in [3.63, 3.8) is 0 Å². The maximum Gasteiger partial charge on any atom is 1.00 e. The summed E-state index contributed by atoms with van der Waals surface area (Å²) in [6.45, 7) is 0. The average Bonchev–Trinajstić information content (AvgIpc) is 1.82. The molecule has 0 aromatic rings. The van der Waals surface area contributed by atoms with Crippen LogP contribution >= 0.6 is 0 Å². The molecule has 0 rings (SSSR count). The molecule has 0 saturated heterocycles. The van der Waals surface area contributed by atoms with Gasteiger partial charge < -0.3 is 52.1 Å². The Morgan fingerprint density at radius 2 is 0.905 bits per heavy atom. The molecule has 0 fully saturated rings. The predicted octanol–water partition coefficient (Wildman–Crippen LogP) is -14.0. The number of carboxylic acid groups (broad SMARTS) is 3. The first kappa shape index (κ1) is 57.3. The summed E-state index contributed by atoms with van der Waals surface area (Å²) in [4.78, 5) is 30.5. The smallest absolute Gasteiger partial charge is 1.00 e. The molecule has 0 aromatic heterocycles. The third kappa shape index (κ3) is 26.4. The zero-order valence-electron chi connectivity index (χ0n) is 14.9. The van der Waals surface area contributed by atoms with Crippen LogP contribution in [0.25, 0.3) is 0 Å². The number of carbonyl (C=O) groups is 3. The Morgan fingerprint density at radius 3 is 1.00 bits per heavy atom. The van der Waals surface area contributed by atoms with Crippen molar-refractivity contribution in [1.29, 1.82) is 0 Å². The molecule has 0 amide bonds. The summed E-state index contributed by atoms with van der Waals surface area (Å²) >= 11 is 0. The van der Waals surface area contributed by atoms with Crippen LogP contribution in [0.1, 0.15) is 17.1 Å². The van der Waals surface area contributed by atoms with Gasteiger partial charge in [0.1, 0.15) is 0 Å². The summed E-state index contributed by atoms with van der Waals surface area (Å²) in [5.41, 5.74) is -2.74. The second-order valence-electron chi connectivity index (χ2n) is 2.48. The minimum absolute atomic E-state index is 0. The molecule has 14 N–H and O–H groups in total. The molecule has 120 valence electrons. The summed E-state index contributed by atoms with van der Waals surface area (Å²) in [6.07, 6.45) is -2.29. The molecule has 0 saturated carbocycles. The van der Waals surface area contributed by atoms with Crippen molar-refractivity contribution in [1.82, 2.24) is 0 Å². The van der Waals surface area contributed by atoms with Gasteiger partial charge in [0.25, 0.3) is 0 Å². The third-order valence-electron chi connectivity index (χ3n) is 1.29. The van der Waals surface area contributed by atoms with Gasteiger partial charge in [0.15, 0.2) is 5.60 Å². The summed E-state index contributed by atoms with van der Waals surface area (Å²) in [6, 6.07) is 0. The summed E-state index contributed by atoms with van der Waals surface area (Å²) in [7, 11) is 0. The van der Waals surface area contributed by atoms with Crippen molar-refractivity contribution < 1.29 is 155 Å². The largest absolute Gasteiger partial charge is 1.00 e. The van der Waals surface area contributed by atoms with Gasteiger partial charge in [0.05, 0.1) is 12.8 Å². The number of hydrogen-bond acceptors (Lipinski definition) is 4. The van der Waals surface area contributed by atoms with E-state index in [4.69, 9.17) is 20.4 Å². The van der Waals surface area contributed by atoms with Gasteiger partial charge in [0.2, 0.25) is 0 Å². The first-order valence-electron chi connectivity index (χ1n) is 3.17. The van der Waals surface area contributed by atoms with Crippen molar-refractivity contribution >= 4 is 17.9 Å². The van der Waals surface area contributed by atoms with Crippen LogP contribution in [0.15, 0.2) is 0 Å². The van der Waals surface area contributed by atoms with E-state index in [1.165, 1.54) is 0 Å². The molecule has 0 aromatic carbocycles. The number of hydrogen-bond donors (Lipinski definition) is 4. The Balaban J connectivity index is -0.0000000131. The molecule has 0 aliphatic rings. The van der Waals surface area contributed by atoms with Crippen LogP contribution < -0.4 is 88.7 Å². The Morgan fingerprint density at radius 1 is 0.714 bits per heavy atom. The fourth-order valence-electron chi connectivity index (χ4n) is 0.714. The fourth-order valence-corrected chi connectivity index (χ4v) is 0.714. The van der Waals surface area contributed by atoms with Crippen LogP contribution in [0.4, 0.5) is 0 Å². The Labute approximate surface area is 189 Å². The minimum Gasteiger partial charge on any atom is -1.00 e. The van der Waals surface area contributed by atoms with E-state index in [0.717, 1.165) is 0 Å². The quantitative estimate of drug-likeness (QED) is 0.345. The molecule has 0 atom stereocenters. The summed E-state index contributed by atoms with van der Waals surface area (Å²) in [5.74, 6) is -5.02. The van der Waals surface area contributed by atoms with Gasteiger partial charge in [-0.15, -0.1) is 0 Å². The van der Waals surface area contributed by atoms with Crippen LogP contribution in [0, 0.1) is 0 Å². The molecule has 0 bridgehead atoms. The SMILES string of the molecule is O.O.O.O.O.O=C(O)CC(O)(CC(=O)O)C(=O)O.[H-].[H-].[H-].[Na+].[Na+].[Na+]. The molecular formula is C6H21Na3O12. The fraction of sp³-hybridized carbons (Fsp3) is 0.500. The molecule has 0 spiro atoms. The third-order valence-corrected chi connectivity index (χ3v) is 1.29. The van der Waals surface area contributed by atoms with Crippen molar-refractivity contribution in [2.45, 2.75) is 18.4 Å². The zero-order chi connectivity index (χ0) is 10.6. The van der Waals surface area contributed by atoms with Crippen LogP contribution in [0.2, 0.25) is 0 Å². The molecule has 0 radical (unpaired) electrons. The second kappa shape index (κ2) is 26.1. The molecule has 15 heteroatoms. The Bertz CT molecular complexity index is 256. The topological polar surface area (TPSA) is 290 Å². The molecule has 21 heavy (non-hydrogen) atoms. The monoisotopic (exact) mass is 354 g/mol.